The number of carbonyl (C=O) groups excluding carboxylic acids is 1. The molecule has 0 aromatic heterocycles. The normalized spacial score (nSPS) is 14.5. The molecule has 0 radical (unpaired) electrons. The van der Waals surface area contributed by atoms with Crippen molar-refractivity contribution in [1.82, 2.24) is 0 Å². The van der Waals surface area contributed by atoms with Gasteiger partial charge in [0.05, 0.1) is 34.4 Å². The number of hydrogen-bond acceptors (Lipinski definition) is 7. The molecule has 0 aliphatic rings. The number of phosphoric acid groups is 1. The van der Waals surface area contributed by atoms with Crippen LogP contribution in [0.1, 0.15) is 181 Å². The number of unbranched alkanes of at least 4 members (excludes halogenated alkanes) is 14. The highest BCUT2D eigenvalue weighted by Crippen LogP contribution is 2.38. The number of allylic oxidation sites excluding steroid dienone is 18. The van der Waals surface area contributed by atoms with Crippen LogP contribution in [0.2, 0.25) is 0 Å². The molecule has 65 heavy (non-hydrogen) atoms. The smallest absolute Gasteiger partial charge is 0.306 e. The minimum Gasteiger partial charge on any atom is -0.756 e. The molecule has 372 valence electrons. The lowest BCUT2D eigenvalue weighted by Crippen LogP contribution is -2.37. The van der Waals surface area contributed by atoms with Crippen molar-refractivity contribution >= 4 is 13.8 Å². The van der Waals surface area contributed by atoms with Gasteiger partial charge in [0.15, 0.2) is 0 Å². The van der Waals surface area contributed by atoms with E-state index in [2.05, 4.69) is 123 Å². The van der Waals surface area contributed by atoms with Gasteiger partial charge in [-0.05, 0) is 96.3 Å². The molecular formula is C56H96NO7P. The number of carbonyl (C=O) groups is 1. The fourth-order valence-corrected chi connectivity index (χ4v) is 7.12. The minimum atomic E-state index is -4.56. The van der Waals surface area contributed by atoms with Gasteiger partial charge in [-0.2, -0.15) is 0 Å². The van der Waals surface area contributed by atoms with E-state index in [0.29, 0.717) is 17.6 Å². The molecule has 9 heteroatoms. The van der Waals surface area contributed by atoms with Gasteiger partial charge in [-0.1, -0.05) is 187 Å². The molecule has 0 aliphatic carbocycles. The van der Waals surface area contributed by atoms with E-state index >= 15 is 0 Å². The Morgan fingerprint density at radius 1 is 0.492 bits per heavy atom. The number of esters is 1. The number of hydrogen-bond donors (Lipinski definition) is 0. The molecule has 0 saturated heterocycles. The van der Waals surface area contributed by atoms with E-state index in [1.165, 1.54) is 70.6 Å². The van der Waals surface area contributed by atoms with E-state index < -0.39 is 13.9 Å². The zero-order valence-electron chi connectivity index (χ0n) is 42.1. The molecule has 0 bridgehead atoms. The van der Waals surface area contributed by atoms with Crippen molar-refractivity contribution in [3.63, 3.8) is 0 Å². The molecule has 0 fully saturated rings. The molecule has 0 aromatic carbocycles. The summed E-state index contributed by atoms with van der Waals surface area (Å²) in [6.07, 6.45) is 67.0. The molecule has 2 atom stereocenters. The van der Waals surface area contributed by atoms with Gasteiger partial charge in [0.25, 0.3) is 7.82 Å². The van der Waals surface area contributed by atoms with Gasteiger partial charge < -0.3 is 27.9 Å². The minimum absolute atomic E-state index is 0.00711. The highest BCUT2D eigenvalue weighted by molar-refractivity contribution is 7.45. The van der Waals surface area contributed by atoms with Crippen LogP contribution in [-0.4, -0.2) is 70.7 Å². The largest absolute Gasteiger partial charge is 0.756 e. The van der Waals surface area contributed by atoms with E-state index in [1.807, 2.05) is 21.1 Å². The predicted octanol–water partition coefficient (Wildman–Crippen LogP) is 15.3. The van der Waals surface area contributed by atoms with Crippen molar-refractivity contribution in [3.8, 4) is 0 Å². The first-order valence-corrected chi connectivity index (χ1v) is 27.1. The number of nitrogens with zero attached hydrogens (tertiary/aromatic N) is 1. The summed E-state index contributed by atoms with van der Waals surface area (Å²) in [7, 11) is 1.30. The second-order valence-corrected chi connectivity index (χ2v) is 19.2. The number of quaternary nitrogens is 1. The standard InChI is InChI=1S/C56H96NO7P/c1-6-8-10-12-14-16-18-20-22-24-26-28-29-30-31-33-35-37-39-41-43-45-47-49-56(58)64-55(54-63-65(59,60)62-52-50-57(3,4)5)53-61-51-48-46-44-42-40-38-36-34-32-27-25-23-21-19-17-15-13-11-9-7-2/h9,11,15,17-18,20-21,23-24,26-27,29-30,32,36,38,42,44,55H,6-8,10,12-14,16,19,22,25,28,31,33-35,37,39-41,43,45-54H2,1-5H3/b11-9-,17-15-,20-18-,23-21-,26-24-,30-29-,32-27-,38-36-,44-42-. The second-order valence-electron chi connectivity index (χ2n) is 17.8. The molecular weight excluding hydrogens is 830 g/mol. The van der Waals surface area contributed by atoms with Crippen LogP contribution in [0, 0.1) is 0 Å². The first-order valence-electron chi connectivity index (χ1n) is 25.6. The van der Waals surface area contributed by atoms with Crippen molar-refractivity contribution in [3.05, 3.63) is 109 Å². The summed E-state index contributed by atoms with van der Waals surface area (Å²) in [5.41, 5.74) is 0. The Morgan fingerprint density at radius 3 is 1.34 bits per heavy atom. The Balaban J connectivity index is 4.29. The molecule has 0 spiro atoms. The summed E-state index contributed by atoms with van der Waals surface area (Å²) in [6, 6.07) is 0. The molecule has 0 aliphatic heterocycles. The van der Waals surface area contributed by atoms with Crippen molar-refractivity contribution < 1.29 is 37.3 Å². The lowest BCUT2D eigenvalue weighted by atomic mass is 10.1. The van der Waals surface area contributed by atoms with E-state index in [1.54, 1.807) is 0 Å². The van der Waals surface area contributed by atoms with Crippen molar-refractivity contribution in [2.45, 2.75) is 187 Å². The summed E-state index contributed by atoms with van der Waals surface area (Å²) in [5, 5.41) is 0. The van der Waals surface area contributed by atoms with Crippen molar-refractivity contribution in [2.75, 3.05) is 54.1 Å². The number of ether oxygens (including phenoxy) is 2. The predicted molar refractivity (Wildman–Crippen MR) is 277 cm³/mol. The molecule has 0 N–H and O–H groups in total. The van der Waals surface area contributed by atoms with Crippen LogP contribution in [0.5, 0.6) is 0 Å². The van der Waals surface area contributed by atoms with Crippen molar-refractivity contribution in [1.29, 1.82) is 0 Å². The van der Waals surface area contributed by atoms with Gasteiger partial charge in [0.1, 0.15) is 19.3 Å². The Bertz CT molecular complexity index is 1400. The van der Waals surface area contributed by atoms with E-state index in [0.717, 1.165) is 89.9 Å². The molecule has 0 amide bonds. The Kier molecular flexibility index (Phi) is 45.6. The number of rotatable bonds is 46. The molecule has 2 unspecified atom stereocenters. The van der Waals surface area contributed by atoms with E-state index in [4.69, 9.17) is 18.5 Å². The van der Waals surface area contributed by atoms with Crippen LogP contribution in [0.25, 0.3) is 0 Å². The fraction of sp³-hybridized carbons (Fsp3) is 0.661. The first-order chi connectivity index (χ1) is 31.6. The monoisotopic (exact) mass is 926 g/mol. The lowest BCUT2D eigenvalue weighted by molar-refractivity contribution is -0.870. The first kappa shape index (κ1) is 62.2. The Hall–Kier alpha value is -2.84. The number of likely N-dealkylation sites (N-methyl/N-ethyl adjacent to an activating group) is 1. The summed E-state index contributed by atoms with van der Waals surface area (Å²) in [6.45, 7) is 5.09. The molecule has 0 rings (SSSR count). The zero-order chi connectivity index (χ0) is 47.6. The zero-order valence-corrected chi connectivity index (χ0v) is 43.0. The summed E-state index contributed by atoms with van der Waals surface area (Å²) in [5.74, 6) is -0.365. The molecule has 8 nitrogen and oxygen atoms in total. The van der Waals surface area contributed by atoms with Crippen LogP contribution in [-0.2, 0) is 27.9 Å². The third-order valence-corrected chi connectivity index (χ3v) is 11.3. The van der Waals surface area contributed by atoms with Gasteiger partial charge in [-0.25, -0.2) is 0 Å². The van der Waals surface area contributed by atoms with Crippen molar-refractivity contribution in [2.24, 2.45) is 0 Å². The fourth-order valence-electron chi connectivity index (χ4n) is 6.39. The van der Waals surface area contributed by atoms with Crippen LogP contribution in [0.3, 0.4) is 0 Å². The highest BCUT2D eigenvalue weighted by atomic mass is 31.2. The van der Waals surface area contributed by atoms with Gasteiger partial charge in [-0.15, -0.1) is 0 Å². The van der Waals surface area contributed by atoms with Gasteiger partial charge >= 0.3 is 5.97 Å². The van der Waals surface area contributed by atoms with E-state index in [9.17, 15) is 14.3 Å². The average Bonchev–Trinajstić information content (AvgIpc) is 3.27. The van der Waals surface area contributed by atoms with Gasteiger partial charge in [0.2, 0.25) is 0 Å². The molecule has 0 aromatic rings. The highest BCUT2D eigenvalue weighted by Gasteiger charge is 2.20. The SMILES string of the molecule is CC/C=C\C/C=C\C/C=C\C/C=C\C/C=C\C/C=C\CCCOCC(COP(=O)([O-])OCC[N+](C)(C)C)OC(=O)CCCCCCCCCC/C=C\C/C=C\C/C=C\CCCCCCC. The topological polar surface area (TPSA) is 94.1 Å². The Morgan fingerprint density at radius 2 is 0.892 bits per heavy atom. The maximum Gasteiger partial charge on any atom is 0.306 e. The Labute approximate surface area is 400 Å². The van der Waals surface area contributed by atoms with Crippen LogP contribution in [0.4, 0.5) is 0 Å². The summed E-state index contributed by atoms with van der Waals surface area (Å²) < 4.78 is 34.6. The van der Waals surface area contributed by atoms with Gasteiger partial charge in [-0.3, -0.25) is 9.36 Å². The van der Waals surface area contributed by atoms with Crippen LogP contribution < -0.4 is 4.89 Å². The van der Waals surface area contributed by atoms with Gasteiger partial charge in [0, 0.05) is 13.0 Å². The quantitative estimate of drug-likeness (QED) is 0.0197. The maximum atomic E-state index is 12.8. The molecule has 0 heterocycles. The summed E-state index contributed by atoms with van der Waals surface area (Å²) in [4.78, 5) is 25.2. The van der Waals surface area contributed by atoms with Crippen LogP contribution >= 0.6 is 7.82 Å². The van der Waals surface area contributed by atoms with Crippen LogP contribution in [0.15, 0.2) is 109 Å². The third kappa shape index (κ3) is 52.0. The molecule has 0 saturated carbocycles. The maximum absolute atomic E-state index is 12.8. The summed E-state index contributed by atoms with van der Waals surface area (Å²) >= 11 is 0. The van der Waals surface area contributed by atoms with E-state index in [-0.39, 0.29) is 32.2 Å². The lowest BCUT2D eigenvalue weighted by Gasteiger charge is -2.28. The average molecular weight is 926 g/mol. The second kappa shape index (κ2) is 47.6. The number of phosphoric ester groups is 1. The third-order valence-electron chi connectivity index (χ3n) is 10.3.